The molecule has 0 atom stereocenters. The molecule has 0 fully saturated rings. The molecule has 0 aromatic heterocycles. The molecule has 4 aromatic carbocycles. The van der Waals surface area contributed by atoms with Crippen molar-refractivity contribution in [2.75, 3.05) is 0 Å². The van der Waals surface area contributed by atoms with Gasteiger partial charge in [0.15, 0.2) is 0 Å². The van der Waals surface area contributed by atoms with Gasteiger partial charge >= 0.3 is 98.8 Å². The summed E-state index contributed by atoms with van der Waals surface area (Å²) in [5, 5.41) is -2.53. The largest absolute Gasteiger partial charge is 1.00 e. The van der Waals surface area contributed by atoms with Gasteiger partial charge in [-0.05, 0) is 22.2 Å². The minimum absolute atomic E-state index is 0. The Hall–Kier alpha value is 0.0300. The van der Waals surface area contributed by atoms with Crippen LogP contribution < -0.4 is 94.2 Å². The minimum atomic E-state index is -6.22. The molecule has 0 radical (unpaired) electrons. The van der Waals surface area contributed by atoms with Crippen molar-refractivity contribution in [3.05, 3.63) is 36.4 Å². The predicted octanol–water partition coefficient (Wildman–Crippen LogP) is -8.94. The standard InChI is InChI=1S/C18H13NO13S4.3Na/c1-8(20)19-32-36(30,31)16-11-6-5-9-3-2-4-10-7-12(33(21,22)23)15(14(11)13(9)10)17(34(24,25)26)18(16)35(27,28)29;;;/h2-7H,1H3,(H,19,20)(H,21,22,23)(H,24,25,26)(H,27,28,29);;;/q;3*+1/p-3. The van der Waals surface area contributed by atoms with Crippen LogP contribution in [0.2, 0.25) is 0 Å². The van der Waals surface area contributed by atoms with E-state index in [4.69, 9.17) is 0 Å². The van der Waals surface area contributed by atoms with Crippen LogP contribution in [0.25, 0.3) is 32.3 Å². The summed E-state index contributed by atoms with van der Waals surface area (Å²) < 4.78 is 140. The van der Waals surface area contributed by atoms with Crippen molar-refractivity contribution < 1.29 is 145 Å². The first-order valence-electron chi connectivity index (χ1n) is 9.21. The summed E-state index contributed by atoms with van der Waals surface area (Å²) in [7, 11) is -23.6. The second-order valence-electron chi connectivity index (χ2n) is 7.36. The molecule has 0 aliphatic rings. The normalized spacial score (nSPS) is 12.5. The summed E-state index contributed by atoms with van der Waals surface area (Å²) in [5.74, 6) is -1.11. The first-order chi connectivity index (χ1) is 16.4. The van der Waals surface area contributed by atoms with Gasteiger partial charge in [-0.2, -0.15) is 8.42 Å². The van der Waals surface area contributed by atoms with Gasteiger partial charge in [0.05, 0.1) is 14.7 Å². The third-order valence-corrected chi connectivity index (χ3v) is 9.22. The van der Waals surface area contributed by atoms with Crippen molar-refractivity contribution in [3.8, 4) is 0 Å². The Morgan fingerprint density at radius 2 is 1.23 bits per heavy atom. The van der Waals surface area contributed by atoms with E-state index in [1.807, 2.05) is 0 Å². The van der Waals surface area contributed by atoms with Gasteiger partial charge in [-0.25, -0.2) is 30.7 Å². The second kappa shape index (κ2) is 12.3. The van der Waals surface area contributed by atoms with Crippen molar-refractivity contribution >= 4 is 78.7 Å². The van der Waals surface area contributed by atoms with Crippen molar-refractivity contribution in [1.82, 2.24) is 5.48 Å². The molecule has 0 saturated heterocycles. The third-order valence-electron chi connectivity index (χ3n) is 5.06. The maximum atomic E-state index is 13.0. The van der Waals surface area contributed by atoms with Gasteiger partial charge in [-0.15, -0.1) is 4.28 Å². The van der Waals surface area contributed by atoms with Gasteiger partial charge in [0, 0.05) is 23.1 Å². The molecule has 39 heavy (non-hydrogen) atoms. The fraction of sp³-hybridized carbons (Fsp3) is 0.0556. The molecule has 0 saturated carbocycles. The van der Waals surface area contributed by atoms with Crippen molar-refractivity contribution in [3.63, 3.8) is 0 Å². The summed E-state index contributed by atoms with van der Waals surface area (Å²) in [6, 6.07) is 6.91. The molecule has 1 N–H and O–H groups in total. The molecule has 0 aliphatic heterocycles. The number of carbonyl (C=O) groups excluding carboxylic acids is 1. The Kier molecular flexibility index (Phi) is 11.7. The molecule has 14 nitrogen and oxygen atoms in total. The molecule has 0 spiro atoms. The van der Waals surface area contributed by atoms with E-state index in [0.717, 1.165) is 13.0 Å². The van der Waals surface area contributed by atoms with E-state index in [2.05, 4.69) is 4.28 Å². The molecule has 0 unspecified atom stereocenters. The number of benzene rings is 4. The molecule has 0 heterocycles. The third kappa shape index (κ3) is 6.83. The van der Waals surface area contributed by atoms with E-state index in [1.165, 1.54) is 29.7 Å². The van der Waals surface area contributed by atoms with Gasteiger partial charge in [0.2, 0.25) is 5.91 Å². The van der Waals surface area contributed by atoms with E-state index in [1.54, 1.807) is 0 Å². The molecular formula is C18H10NNa3O13S4. The smallest absolute Gasteiger partial charge is 0.744 e. The van der Waals surface area contributed by atoms with Gasteiger partial charge in [-0.1, -0.05) is 30.3 Å². The molecule has 1 amide bonds. The maximum absolute atomic E-state index is 13.0. The van der Waals surface area contributed by atoms with Crippen molar-refractivity contribution in [2.24, 2.45) is 0 Å². The Morgan fingerprint density at radius 3 is 1.72 bits per heavy atom. The molecule has 21 heteroatoms. The second-order valence-corrected chi connectivity index (χ2v) is 12.8. The summed E-state index contributed by atoms with van der Waals surface area (Å²) in [6.07, 6.45) is 0. The molecule has 4 rings (SSSR count). The van der Waals surface area contributed by atoms with Gasteiger partial charge in [0.25, 0.3) is 0 Å². The van der Waals surface area contributed by atoms with Crippen LogP contribution in [0.3, 0.4) is 0 Å². The molecular weight excluding hydrogens is 635 g/mol. The predicted molar refractivity (Wildman–Crippen MR) is 116 cm³/mol. The summed E-state index contributed by atoms with van der Waals surface area (Å²) in [5.41, 5.74) is 1.39. The zero-order chi connectivity index (χ0) is 27.0. The number of hydroxylamine groups is 1. The van der Waals surface area contributed by atoms with E-state index >= 15 is 0 Å². The number of rotatable bonds is 6. The zero-order valence-corrected chi connectivity index (χ0v) is 29.7. The average Bonchev–Trinajstić information content (AvgIpc) is 2.72. The number of hydrogen-bond donors (Lipinski definition) is 1. The summed E-state index contributed by atoms with van der Waals surface area (Å²) in [4.78, 5) is 3.92. The fourth-order valence-corrected chi connectivity index (χ4v) is 8.56. The van der Waals surface area contributed by atoms with Crippen LogP contribution in [0.15, 0.2) is 56.0 Å². The number of carbonyl (C=O) groups is 1. The topological polar surface area (TPSA) is 244 Å². The fourth-order valence-electron chi connectivity index (χ4n) is 3.94. The molecule has 0 bridgehead atoms. The van der Waals surface area contributed by atoms with E-state index in [-0.39, 0.29) is 105 Å². The van der Waals surface area contributed by atoms with Crippen LogP contribution in [-0.4, -0.2) is 53.2 Å². The first-order valence-corrected chi connectivity index (χ1v) is 14.8. The van der Waals surface area contributed by atoms with Crippen LogP contribution in [0, 0.1) is 0 Å². The van der Waals surface area contributed by atoms with Crippen LogP contribution in [0.1, 0.15) is 6.92 Å². The molecule has 192 valence electrons. The van der Waals surface area contributed by atoms with Gasteiger partial charge in [0.1, 0.15) is 35.2 Å². The maximum Gasteiger partial charge on any atom is 1.00 e. The van der Waals surface area contributed by atoms with Crippen LogP contribution >= 0.6 is 0 Å². The molecule has 4 aromatic rings. The van der Waals surface area contributed by atoms with Crippen LogP contribution in [-0.2, 0) is 49.6 Å². The Morgan fingerprint density at radius 1 is 0.692 bits per heavy atom. The summed E-state index contributed by atoms with van der Waals surface area (Å²) in [6.45, 7) is 0.795. The average molecular weight is 646 g/mol. The Labute approximate surface area is 288 Å². The van der Waals surface area contributed by atoms with Crippen molar-refractivity contribution in [2.45, 2.75) is 26.5 Å². The quantitative estimate of drug-likeness (QED) is 0.0887. The number of nitrogens with one attached hydrogen (secondary N) is 1. The van der Waals surface area contributed by atoms with E-state index in [0.29, 0.717) is 6.07 Å². The minimum Gasteiger partial charge on any atom is -0.744 e. The van der Waals surface area contributed by atoms with Crippen LogP contribution in [0.5, 0.6) is 0 Å². The zero-order valence-electron chi connectivity index (χ0n) is 20.4. The van der Waals surface area contributed by atoms with Crippen LogP contribution in [0.4, 0.5) is 0 Å². The number of hydrogen-bond acceptors (Lipinski definition) is 13. The summed E-state index contributed by atoms with van der Waals surface area (Å²) >= 11 is 0. The van der Waals surface area contributed by atoms with Crippen molar-refractivity contribution in [1.29, 1.82) is 0 Å². The van der Waals surface area contributed by atoms with Gasteiger partial charge < -0.3 is 13.7 Å². The molecule has 0 aliphatic carbocycles. The number of amides is 1. The monoisotopic (exact) mass is 645 g/mol. The van der Waals surface area contributed by atoms with Gasteiger partial charge in [-0.3, -0.25) is 4.79 Å². The van der Waals surface area contributed by atoms with E-state index in [9.17, 15) is 52.1 Å². The van der Waals surface area contributed by atoms with E-state index < -0.39 is 82.1 Å². The Balaban J connectivity index is 0.00000253. The first kappa shape index (κ1) is 37.1. The Bertz CT molecular complexity index is 2060. The SMILES string of the molecule is CC(=O)NOS(=O)(=O)c1c(S(=O)(=O)[O-])c(S(=O)(=O)[O-])c2c(S(=O)(=O)[O-])cc3cccc4ccc1c2c43.[Na+].[Na+].[Na+].